The smallest absolute Gasteiger partial charge is 0.310 e. The Bertz CT molecular complexity index is 500. The highest BCUT2D eigenvalue weighted by atomic mass is 31.2. The van der Waals surface area contributed by atoms with Gasteiger partial charge in [0.1, 0.15) is 11.5 Å². The molecular weight excluding hydrogens is 256 g/mol. The van der Waals surface area contributed by atoms with Crippen molar-refractivity contribution < 1.29 is 9.05 Å². The van der Waals surface area contributed by atoms with Crippen molar-refractivity contribution in [1.82, 2.24) is 0 Å². The first-order chi connectivity index (χ1) is 8.72. The van der Waals surface area contributed by atoms with E-state index in [0.29, 0.717) is 0 Å². The lowest BCUT2D eigenvalue weighted by atomic mass is 10.3. The Kier molecular flexibility index (Phi) is 5.72. The minimum Gasteiger partial charge on any atom is -0.430 e. The van der Waals surface area contributed by atoms with Crippen molar-refractivity contribution in [3.63, 3.8) is 0 Å². The second-order valence-electron chi connectivity index (χ2n) is 3.81. The van der Waals surface area contributed by atoms with E-state index in [2.05, 4.69) is 4.74 Å². The molecule has 0 amide bonds. The van der Waals surface area contributed by atoms with Crippen LogP contribution in [0.3, 0.4) is 0 Å². The average Bonchev–Trinajstić information content (AvgIpc) is 2.41. The summed E-state index contributed by atoms with van der Waals surface area (Å²) < 4.78 is 16.0. The molecule has 0 N–H and O–H groups in total. The summed E-state index contributed by atoms with van der Waals surface area (Å²) in [4.78, 5) is 0. The molecule has 0 heterocycles. The maximum absolute atomic E-state index is 5.88. The van der Waals surface area contributed by atoms with Crippen molar-refractivity contribution in [2.75, 3.05) is 13.7 Å². The van der Waals surface area contributed by atoms with Crippen LogP contribution in [0.1, 0.15) is 0 Å². The summed E-state index contributed by atoms with van der Waals surface area (Å²) in [5.74, 6) is 1.55. The number of benzene rings is 2. The SMILES string of the molecule is CN=P(C)(Oc1ccccc1)Oc1ccccc1.[B]. The molecule has 0 bridgehead atoms. The van der Waals surface area contributed by atoms with Crippen LogP contribution in [-0.2, 0) is 0 Å². The molecule has 19 heavy (non-hydrogen) atoms. The summed E-state index contributed by atoms with van der Waals surface area (Å²) in [6, 6.07) is 19.2. The summed E-state index contributed by atoms with van der Waals surface area (Å²) in [6.45, 7) is 1.90. The fourth-order valence-corrected chi connectivity index (χ4v) is 2.68. The van der Waals surface area contributed by atoms with Gasteiger partial charge in [-0.1, -0.05) is 36.4 Å². The zero-order valence-electron chi connectivity index (χ0n) is 11.1. The Hall–Kier alpha value is -1.67. The molecule has 0 atom stereocenters. The number of nitrogens with zero attached hydrogens (tertiary/aromatic N) is 1. The molecule has 5 heteroatoms. The van der Waals surface area contributed by atoms with Gasteiger partial charge in [-0.05, 0) is 24.3 Å². The van der Waals surface area contributed by atoms with Gasteiger partial charge in [0.15, 0.2) is 0 Å². The van der Waals surface area contributed by atoms with Crippen molar-refractivity contribution in [2.24, 2.45) is 4.74 Å². The van der Waals surface area contributed by atoms with Crippen molar-refractivity contribution in [3.05, 3.63) is 60.7 Å². The average molecular weight is 272 g/mol. The van der Waals surface area contributed by atoms with Gasteiger partial charge in [-0.15, -0.1) is 0 Å². The van der Waals surface area contributed by atoms with Gasteiger partial charge in [-0.2, -0.15) is 0 Å². The predicted molar refractivity (Wildman–Crippen MR) is 81.1 cm³/mol. The summed E-state index contributed by atoms with van der Waals surface area (Å²) in [5.41, 5.74) is 0. The van der Waals surface area contributed by atoms with E-state index < -0.39 is 7.51 Å². The van der Waals surface area contributed by atoms with Gasteiger partial charge in [-0.25, -0.2) is 4.74 Å². The highest BCUT2D eigenvalue weighted by molar-refractivity contribution is 7.56. The van der Waals surface area contributed by atoms with Crippen LogP contribution in [0.4, 0.5) is 0 Å². The molecule has 0 fully saturated rings. The Morgan fingerprint density at radius 2 is 1.16 bits per heavy atom. The molecule has 0 aromatic heterocycles. The molecular formula is C14H16BNO2P. The summed E-state index contributed by atoms with van der Waals surface area (Å²) >= 11 is 0. The molecule has 97 valence electrons. The Morgan fingerprint density at radius 1 is 0.789 bits per heavy atom. The molecule has 3 radical (unpaired) electrons. The van der Waals surface area contributed by atoms with E-state index in [4.69, 9.17) is 9.05 Å². The van der Waals surface area contributed by atoms with E-state index in [1.165, 1.54) is 0 Å². The van der Waals surface area contributed by atoms with Gasteiger partial charge in [0.2, 0.25) is 0 Å². The van der Waals surface area contributed by atoms with Gasteiger partial charge >= 0.3 is 7.51 Å². The molecule has 0 aliphatic rings. The van der Waals surface area contributed by atoms with Gasteiger partial charge in [0.25, 0.3) is 0 Å². The highest BCUT2D eigenvalue weighted by Crippen LogP contribution is 2.47. The van der Waals surface area contributed by atoms with E-state index in [9.17, 15) is 0 Å². The van der Waals surface area contributed by atoms with E-state index in [-0.39, 0.29) is 8.41 Å². The largest absolute Gasteiger partial charge is 0.430 e. The number of rotatable bonds is 4. The lowest BCUT2D eigenvalue weighted by Gasteiger charge is -2.21. The van der Waals surface area contributed by atoms with Crippen LogP contribution in [0.5, 0.6) is 11.5 Å². The number of hydrogen-bond donors (Lipinski definition) is 0. The third kappa shape index (κ3) is 4.49. The molecule has 2 aromatic carbocycles. The third-order valence-corrected chi connectivity index (χ3v) is 4.23. The van der Waals surface area contributed by atoms with Crippen molar-refractivity contribution in [2.45, 2.75) is 0 Å². The molecule has 0 spiro atoms. The molecule has 0 saturated carbocycles. The zero-order valence-corrected chi connectivity index (χ0v) is 12.0. The van der Waals surface area contributed by atoms with Crippen molar-refractivity contribution in [3.8, 4) is 11.5 Å². The van der Waals surface area contributed by atoms with Crippen molar-refractivity contribution in [1.29, 1.82) is 0 Å². The van der Waals surface area contributed by atoms with E-state index in [1.807, 2.05) is 67.3 Å². The van der Waals surface area contributed by atoms with Gasteiger partial charge in [-0.3, -0.25) is 0 Å². The molecule has 0 aliphatic heterocycles. The fraction of sp³-hybridized carbons (Fsp3) is 0.143. The Balaban J connectivity index is 0.00000180. The summed E-state index contributed by atoms with van der Waals surface area (Å²) in [5, 5.41) is 0. The summed E-state index contributed by atoms with van der Waals surface area (Å²) in [7, 11) is -0.547. The minimum atomic E-state index is -2.27. The Labute approximate surface area is 116 Å². The second-order valence-corrected chi connectivity index (χ2v) is 6.18. The molecule has 0 aliphatic carbocycles. The first-order valence-corrected chi connectivity index (χ1v) is 7.71. The van der Waals surface area contributed by atoms with Gasteiger partial charge in [0.05, 0.1) is 0 Å². The highest BCUT2D eigenvalue weighted by Gasteiger charge is 2.16. The van der Waals surface area contributed by atoms with E-state index in [0.717, 1.165) is 11.5 Å². The van der Waals surface area contributed by atoms with Crippen LogP contribution in [0, 0.1) is 0 Å². The topological polar surface area (TPSA) is 30.8 Å². The molecule has 0 saturated heterocycles. The first kappa shape index (κ1) is 15.4. The second kappa shape index (κ2) is 7.05. The standard InChI is InChI=1S/C14H16NO2P.B/c1-15-18(2,16-13-9-5-3-6-10-13)17-14-11-7-4-8-12-14;/h3-12H,1-2H3;. The predicted octanol–water partition coefficient (Wildman–Crippen LogP) is 4.05. The maximum Gasteiger partial charge on any atom is 0.310 e. The molecule has 3 nitrogen and oxygen atoms in total. The van der Waals surface area contributed by atoms with Gasteiger partial charge in [0, 0.05) is 22.1 Å². The van der Waals surface area contributed by atoms with Crippen LogP contribution in [0.15, 0.2) is 65.4 Å². The van der Waals surface area contributed by atoms with Crippen LogP contribution < -0.4 is 9.05 Å². The van der Waals surface area contributed by atoms with E-state index in [1.54, 1.807) is 7.05 Å². The van der Waals surface area contributed by atoms with E-state index >= 15 is 0 Å². The minimum absolute atomic E-state index is 0. The fourth-order valence-electron chi connectivity index (χ4n) is 1.45. The quantitative estimate of drug-likeness (QED) is 0.620. The van der Waals surface area contributed by atoms with Crippen molar-refractivity contribution >= 4 is 15.9 Å². The maximum atomic E-state index is 5.88. The Morgan fingerprint density at radius 3 is 1.47 bits per heavy atom. The molecule has 2 aromatic rings. The monoisotopic (exact) mass is 272 g/mol. The number of para-hydroxylation sites is 2. The van der Waals surface area contributed by atoms with Crippen LogP contribution in [0.2, 0.25) is 0 Å². The number of hydrogen-bond acceptors (Lipinski definition) is 3. The zero-order chi connectivity index (χ0) is 12.8. The first-order valence-electron chi connectivity index (χ1n) is 5.69. The molecule has 2 rings (SSSR count). The van der Waals surface area contributed by atoms with Gasteiger partial charge < -0.3 is 9.05 Å². The normalized spacial score (nSPS) is 10.2. The summed E-state index contributed by atoms with van der Waals surface area (Å²) in [6.07, 6.45) is 0. The van der Waals surface area contributed by atoms with Crippen LogP contribution >= 0.6 is 7.51 Å². The van der Waals surface area contributed by atoms with Crippen LogP contribution in [-0.4, -0.2) is 22.1 Å². The third-order valence-electron chi connectivity index (χ3n) is 2.40. The lowest BCUT2D eigenvalue weighted by molar-refractivity contribution is 0.481. The molecule has 0 unspecified atom stereocenters. The lowest BCUT2D eigenvalue weighted by Crippen LogP contribution is -1.99. The van der Waals surface area contributed by atoms with Crippen LogP contribution in [0.25, 0.3) is 0 Å².